The van der Waals surface area contributed by atoms with Crippen LogP contribution in [0.15, 0.2) is 54.9 Å². The Morgan fingerprint density at radius 1 is 0.968 bits per heavy atom. The van der Waals surface area contributed by atoms with Gasteiger partial charge in [-0.25, -0.2) is 4.98 Å². The van der Waals surface area contributed by atoms with Crippen LogP contribution < -0.4 is 4.74 Å². The summed E-state index contributed by atoms with van der Waals surface area (Å²) in [6, 6.07) is 15.2. The zero-order chi connectivity index (χ0) is 21.8. The Kier molecular flexibility index (Phi) is 6.42. The molecule has 4 rings (SSSR count). The van der Waals surface area contributed by atoms with Crippen LogP contribution >= 0.6 is 0 Å². The number of aryl methyl sites for hydroxylation is 1. The highest BCUT2D eigenvalue weighted by molar-refractivity contribution is 5.60. The quantitative estimate of drug-likeness (QED) is 0.542. The summed E-state index contributed by atoms with van der Waals surface area (Å²) >= 11 is 0. The fourth-order valence-corrected chi connectivity index (χ4v) is 4.31. The van der Waals surface area contributed by atoms with E-state index in [1.54, 1.807) is 12.4 Å². The van der Waals surface area contributed by atoms with Crippen LogP contribution in [0.3, 0.4) is 0 Å². The molecule has 0 bridgehead atoms. The minimum absolute atomic E-state index is 0.275. The molecule has 1 fully saturated rings. The van der Waals surface area contributed by atoms with Crippen molar-refractivity contribution in [2.45, 2.75) is 59.2 Å². The van der Waals surface area contributed by atoms with Crippen molar-refractivity contribution in [3.8, 4) is 17.1 Å². The summed E-state index contributed by atoms with van der Waals surface area (Å²) in [6.07, 6.45) is 5.86. The predicted molar refractivity (Wildman–Crippen MR) is 125 cm³/mol. The smallest absolute Gasteiger partial charge is 0.237 e. The number of rotatable bonds is 6. The van der Waals surface area contributed by atoms with Crippen LogP contribution in [0.1, 0.15) is 45.0 Å². The molecule has 0 N–H and O–H groups in total. The lowest BCUT2D eigenvalue weighted by molar-refractivity contribution is 0.115. The Morgan fingerprint density at radius 2 is 1.68 bits per heavy atom. The zero-order valence-electron chi connectivity index (χ0n) is 19.2. The van der Waals surface area contributed by atoms with Crippen molar-refractivity contribution in [1.82, 2.24) is 19.4 Å². The largest absolute Gasteiger partial charge is 0.471 e. The van der Waals surface area contributed by atoms with Crippen molar-refractivity contribution in [2.24, 2.45) is 5.92 Å². The molecule has 5 heteroatoms. The highest BCUT2D eigenvalue weighted by Gasteiger charge is 2.23. The summed E-state index contributed by atoms with van der Waals surface area (Å²) in [5, 5.41) is 0. The average molecular weight is 419 g/mol. The number of hydrogen-bond acceptors (Lipinski definition) is 4. The molecule has 0 amide bonds. The van der Waals surface area contributed by atoms with Crippen LogP contribution in [-0.4, -0.2) is 38.1 Å². The summed E-state index contributed by atoms with van der Waals surface area (Å²) in [5.74, 6) is 1.35. The van der Waals surface area contributed by atoms with E-state index in [1.165, 1.54) is 29.8 Å². The van der Waals surface area contributed by atoms with Gasteiger partial charge >= 0.3 is 0 Å². The number of nitrogens with zero attached hydrogens (tertiary/aromatic N) is 4. The van der Waals surface area contributed by atoms with Gasteiger partial charge in [-0.1, -0.05) is 30.3 Å². The predicted octanol–water partition coefficient (Wildman–Crippen LogP) is 5.34. The fraction of sp³-hybridized carbons (Fsp3) is 0.462. The maximum Gasteiger partial charge on any atom is 0.237 e. The third-order valence-corrected chi connectivity index (χ3v) is 5.93. The summed E-state index contributed by atoms with van der Waals surface area (Å²) in [5.41, 5.74) is 4.61. The summed E-state index contributed by atoms with van der Waals surface area (Å²) in [6.45, 7) is 12.4. The lowest BCUT2D eigenvalue weighted by atomic mass is 9.96. The number of hydrogen-bond donors (Lipinski definition) is 0. The average Bonchev–Trinajstić information content (AvgIpc) is 3.11. The second-order valence-electron chi connectivity index (χ2n) is 9.58. The van der Waals surface area contributed by atoms with E-state index in [2.05, 4.69) is 68.8 Å². The molecule has 3 aromatic rings. The molecule has 0 aliphatic carbocycles. The van der Waals surface area contributed by atoms with Gasteiger partial charge in [0.05, 0.1) is 0 Å². The minimum atomic E-state index is -0.275. The van der Waals surface area contributed by atoms with Gasteiger partial charge < -0.3 is 9.30 Å². The van der Waals surface area contributed by atoms with Gasteiger partial charge in [0, 0.05) is 36.9 Å². The fourth-order valence-electron chi connectivity index (χ4n) is 4.31. The van der Waals surface area contributed by atoms with E-state index in [0.29, 0.717) is 11.8 Å². The maximum absolute atomic E-state index is 6.03. The van der Waals surface area contributed by atoms with Crippen molar-refractivity contribution in [3.05, 3.63) is 66.2 Å². The van der Waals surface area contributed by atoms with E-state index in [4.69, 9.17) is 4.74 Å². The molecule has 0 atom stereocenters. The van der Waals surface area contributed by atoms with Crippen LogP contribution in [0.5, 0.6) is 5.88 Å². The summed E-state index contributed by atoms with van der Waals surface area (Å²) in [4.78, 5) is 11.5. The molecule has 0 radical (unpaired) electrons. The molecule has 0 saturated carbocycles. The Balaban J connectivity index is 1.37. The molecule has 1 aromatic carbocycles. The lowest BCUT2D eigenvalue weighted by Crippen LogP contribution is -2.35. The van der Waals surface area contributed by atoms with Gasteiger partial charge in [-0.15, -0.1) is 0 Å². The van der Waals surface area contributed by atoms with E-state index < -0.39 is 0 Å². The molecule has 1 aliphatic rings. The molecular weight excluding hydrogens is 384 g/mol. The normalized spacial score (nSPS) is 15.9. The highest BCUT2D eigenvalue weighted by Crippen LogP contribution is 2.28. The Hall–Kier alpha value is -2.66. The molecule has 5 nitrogen and oxygen atoms in total. The lowest BCUT2D eigenvalue weighted by Gasteiger charge is -2.33. The second kappa shape index (κ2) is 9.23. The van der Waals surface area contributed by atoms with Crippen molar-refractivity contribution >= 4 is 0 Å². The molecule has 1 aliphatic heterocycles. The maximum atomic E-state index is 6.03. The molecule has 164 valence electrons. The van der Waals surface area contributed by atoms with Crippen LogP contribution in [0.4, 0.5) is 0 Å². The van der Waals surface area contributed by atoms with E-state index in [1.807, 2.05) is 20.8 Å². The Bertz CT molecular complexity index is 982. The monoisotopic (exact) mass is 418 g/mol. The number of piperidine rings is 1. The first-order valence-corrected chi connectivity index (χ1v) is 11.3. The van der Waals surface area contributed by atoms with E-state index in [9.17, 15) is 0 Å². The number of ether oxygens (including phenoxy) is 1. The van der Waals surface area contributed by atoms with Crippen LogP contribution in [0.2, 0.25) is 0 Å². The van der Waals surface area contributed by atoms with Gasteiger partial charge in [-0.2, -0.15) is 0 Å². The van der Waals surface area contributed by atoms with Crippen molar-refractivity contribution in [3.63, 3.8) is 0 Å². The first kappa shape index (κ1) is 21.6. The van der Waals surface area contributed by atoms with Gasteiger partial charge in [-0.05, 0) is 77.2 Å². The standard InChI is InChI=1S/C26H34N4O/c1-20-10-11-24(22-8-6-5-7-9-22)30(20)18-21-12-16-29(17-13-21)19-23-25(28-15-14-27-23)31-26(2,3)4/h5-11,14-15,21H,12-13,16-19H2,1-4H3. The van der Waals surface area contributed by atoms with Crippen molar-refractivity contribution < 1.29 is 4.74 Å². The van der Waals surface area contributed by atoms with Gasteiger partial charge in [0.25, 0.3) is 0 Å². The Morgan fingerprint density at radius 3 is 2.39 bits per heavy atom. The second-order valence-corrected chi connectivity index (χ2v) is 9.58. The van der Waals surface area contributed by atoms with Crippen LogP contribution in [-0.2, 0) is 13.1 Å². The van der Waals surface area contributed by atoms with Crippen molar-refractivity contribution in [1.29, 1.82) is 0 Å². The summed E-state index contributed by atoms with van der Waals surface area (Å²) < 4.78 is 8.52. The third-order valence-electron chi connectivity index (χ3n) is 5.93. The van der Waals surface area contributed by atoms with Crippen LogP contribution in [0, 0.1) is 12.8 Å². The van der Waals surface area contributed by atoms with Gasteiger partial charge in [0.15, 0.2) is 0 Å². The van der Waals surface area contributed by atoms with Crippen molar-refractivity contribution in [2.75, 3.05) is 13.1 Å². The zero-order valence-corrected chi connectivity index (χ0v) is 19.2. The molecule has 0 spiro atoms. The number of aromatic nitrogens is 3. The van der Waals surface area contributed by atoms with E-state index in [0.717, 1.165) is 31.9 Å². The SMILES string of the molecule is Cc1ccc(-c2ccccc2)n1CC1CCN(Cc2nccnc2OC(C)(C)C)CC1. The first-order valence-electron chi connectivity index (χ1n) is 11.3. The molecule has 2 aromatic heterocycles. The van der Waals surface area contributed by atoms with Gasteiger partial charge in [0.1, 0.15) is 11.3 Å². The van der Waals surface area contributed by atoms with Gasteiger partial charge in [0.2, 0.25) is 5.88 Å². The first-order chi connectivity index (χ1) is 14.9. The molecule has 3 heterocycles. The highest BCUT2D eigenvalue weighted by atomic mass is 16.5. The van der Waals surface area contributed by atoms with Gasteiger partial charge in [-0.3, -0.25) is 9.88 Å². The molecular formula is C26H34N4O. The molecule has 0 unspecified atom stereocenters. The topological polar surface area (TPSA) is 43.2 Å². The van der Waals surface area contributed by atoms with Crippen LogP contribution in [0.25, 0.3) is 11.3 Å². The molecule has 31 heavy (non-hydrogen) atoms. The Labute approximate surface area is 186 Å². The third kappa shape index (κ3) is 5.53. The number of likely N-dealkylation sites (tertiary alicyclic amines) is 1. The summed E-state index contributed by atoms with van der Waals surface area (Å²) in [7, 11) is 0. The molecule has 1 saturated heterocycles. The van der Waals surface area contributed by atoms with E-state index in [-0.39, 0.29) is 5.60 Å². The van der Waals surface area contributed by atoms with E-state index >= 15 is 0 Å². The minimum Gasteiger partial charge on any atom is -0.471 e. The number of benzene rings is 1.